The Morgan fingerprint density at radius 1 is 1.24 bits per heavy atom. The molecule has 2 heterocycles. The number of carbonyl (C=O) groups is 1. The highest BCUT2D eigenvalue weighted by molar-refractivity contribution is 7.19. The molecular formula is C19H21N3O2S. The first-order chi connectivity index (χ1) is 11.8. The molecule has 1 N–H and O–H groups in total. The van der Waals surface area contributed by atoms with Crippen molar-refractivity contribution < 1.29 is 4.79 Å². The topological polar surface area (TPSA) is 64.0 Å². The number of fused-ring (bicyclic) bond motifs is 1. The monoisotopic (exact) mass is 355 g/mol. The van der Waals surface area contributed by atoms with E-state index in [1.54, 1.807) is 4.57 Å². The normalized spacial score (nSPS) is 11.3. The Bertz CT molecular complexity index is 1030. The van der Waals surface area contributed by atoms with E-state index in [-0.39, 0.29) is 17.5 Å². The van der Waals surface area contributed by atoms with Crippen molar-refractivity contribution in [1.29, 1.82) is 0 Å². The first kappa shape index (κ1) is 17.4. The molecule has 1 amide bonds. The Balaban J connectivity index is 2.08. The first-order valence-electron chi connectivity index (χ1n) is 8.18. The summed E-state index contributed by atoms with van der Waals surface area (Å²) in [6, 6.07) is 5.95. The van der Waals surface area contributed by atoms with Gasteiger partial charge in [0.15, 0.2) is 0 Å². The van der Waals surface area contributed by atoms with Crippen LogP contribution in [0.25, 0.3) is 10.2 Å². The van der Waals surface area contributed by atoms with Gasteiger partial charge in [-0.05, 0) is 51.8 Å². The van der Waals surface area contributed by atoms with E-state index in [0.29, 0.717) is 15.8 Å². The summed E-state index contributed by atoms with van der Waals surface area (Å²) in [4.78, 5) is 30.7. The molecule has 0 radical (unpaired) electrons. The maximum atomic E-state index is 12.9. The van der Waals surface area contributed by atoms with Crippen LogP contribution < -0.4 is 10.9 Å². The smallest absolute Gasteiger partial charge is 0.271 e. The van der Waals surface area contributed by atoms with Gasteiger partial charge < -0.3 is 5.32 Å². The van der Waals surface area contributed by atoms with E-state index in [0.717, 1.165) is 21.7 Å². The minimum Gasteiger partial charge on any atom is -0.322 e. The van der Waals surface area contributed by atoms with Crippen LogP contribution in [0.3, 0.4) is 0 Å². The summed E-state index contributed by atoms with van der Waals surface area (Å²) >= 11 is 1.33. The number of aromatic nitrogens is 2. The van der Waals surface area contributed by atoms with Crippen LogP contribution in [0.5, 0.6) is 0 Å². The van der Waals surface area contributed by atoms with E-state index in [4.69, 9.17) is 0 Å². The summed E-state index contributed by atoms with van der Waals surface area (Å²) in [7, 11) is 0. The molecule has 130 valence electrons. The SMILES string of the molecule is Cc1ccc(C)c(NC(=O)c2c(C)sc3c(=O)n(C(C)C)cnc23)c1. The Morgan fingerprint density at radius 3 is 2.64 bits per heavy atom. The van der Waals surface area contributed by atoms with E-state index < -0.39 is 0 Å². The lowest BCUT2D eigenvalue weighted by atomic mass is 10.1. The van der Waals surface area contributed by atoms with Crippen LogP contribution in [-0.2, 0) is 0 Å². The molecule has 0 fully saturated rings. The van der Waals surface area contributed by atoms with Crippen LogP contribution in [0.1, 0.15) is 46.3 Å². The largest absolute Gasteiger partial charge is 0.322 e. The van der Waals surface area contributed by atoms with Gasteiger partial charge in [0, 0.05) is 16.6 Å². The van der Waals surface area contributed by atoms with Gasteiger partial charge in [0.05, 0.1) is 11.9 Å². The highest BCUT2D eigenvalue weighted by Gasteiger charge is 2.21. The third-order valence-corrected chi connectivity index (χ3v) is 5.31. The highest BCUT2D eigenvalue weighted by atomic mass is 32.1. The number of anilines is 1. The van der Waals surface area contributed by atoms with Crippen molar-refractivity contribution in [2.24, 2.45) is 0 Å². The Morgan fingerprint density at radius 2 is 1.96 bits per heavy atom. The van der Waals surface area contributed by atoms with Gasteiger partial charge in [-0.3, -0.25) is 14.2 Å². The van der Waals surface area contributed by atoms with Gasteiger partial charge in [-0.1, -0.05) is 12.1 Å². The van der Waals surface area contributed by atoms with Gasteiger partial charge in [0.1, 0.15) is 10.2 Å². The second-order valence-corrected chi connectivity index (χ2v) is 7.76. The second kappa shape index (κ2) is 6.44. The molecule has 0 aliphatic rings. The number of amides is 1. The number of benzene rings is 1. The molecule has 2 aromatic heterocycles. The molecule has 0 unspecified atom stereocenters. The number of thiophene rings is 1. The van der Waals surface area contributed by atoms with Gasteiger partial charge >= 0.3 is 0 Å². The van der Waals surface area contributed by atoms with E-state index in [9.17, 15) is 9.59 Å². The summed E-state index contributed by atoms with van der Waals surface area (Å²) in [5, 5.41) is 2.96. The van der Waals surface area contributed by atoms with Gasteiger partial charge in [-0.2, -0.15) is 0 Å². The molecule has 25 heavy (non-hydrogen) atoms. The zero-order valence-corrected chi connectivity index (χ0v) is 15.8. The summed E-state index contributed by atoms with van der Waals surface area (Å²) < 4.78 is 2.12. The third-order valence-electron chi connectivity index (χ3n) is 4.22. The zero-order chi connectivity index (χ0) is 18.3. The number of carbonyl (C=O) groups excluding carboxylic acids is 1. The van der Waals surface area contributed by atoms with Crippen LogP contribution >= 0.6 is 11.3 Å². The lowest BCUT2D eigenvalue weighted by Gasteiger charge is -2.10. The van der Waals surface area contributed by atoms with Crippen LogP contribution in [0.15, 0.2) is 29.3 Å². The molecule has 0 saturated carbocycles. The Labute approximate surface area is 150 Å². The quantitative estimate of drug-likeness (QED) is 0.765. The van der Waals surface area contributed by atoms with Gasteiger partial charge in [-0.25, -0.2) is 4.98 Å². The minimum atomic E-state index is -0.230. The number of nitrogens with zero attached hydrogens (tertiary/aromatic N) is 2. The van der Waals surface area contributed by atoms with Gasteiger partial charge in [-0.15, -0.1) is 11.3 Å². The van der Waals surface area contributed by atoms with E-state index in [1.165, 1.54) is 17.7 Å². The Hall–Kier alpha value is -2.47. The van der Waals surface area contributed by atoms with E-state index in [1.807, 2.05) is 52.8 Å². The molecule has 0 bridgehead atoms. The molecular weight excluding hydrogens is 334 g/mol. The molecule has 1 aromatic carbocycles. The van der Waals surface area contributed by atoms with Crippen LogP contribution in [0.4, 0.5) is 5.69 Å². The molecule has 0 saturated heterocycles. The van der Waals surface area contributed by atoms with Crippen LogP contribution in [0, 0.1) is 20.8 Å². The lowest BCUT2D eigenvalue weighted by Crippen LogP contribution is -2.22. The van der Waals surface area contributed by atoms with Crippen molar-refractivity contribution >= 4 is 33.1 Å². The van der Waals surface area contributed by atoms with Crippen molar-refractivity contribution in [1.82, 2.24) is 9.55 Å². The van der Waals surface area contributed by atoms with Gasteiger partial charge in [0.25, 0.3) is 11.5 Å². The van der Waals surface area contributed by atoms with Crippen molar-refractivity contribution in [3.63, 3.8) is 0 Å². The zero-order valence-electron chi connectivity index (χ0n) is 15.0. The number of hydrogen-bond acceptors (Lipinski definition) is 4. The molecule has 0 aliphatic carbocycles. The standard InChI is InChI=1S/C19H21N3O2S/c1-10(2)22-9-20-16-15(13(5)25-17(16)19(22)24)18(23)21-14-8-11(3)6-7-12(14)4/h6-10H,1-5H3,(H,21,23). The third kappa shape index (κ3) is 3.09. The van der Waals surface area contributed by atoms with Crippen LogP contribution in [0.2, 0.25) is 0 Å². The molecule has 3 rings (SSSR count). The van der Waals surface area contributed by atoms with E-state index in [2.05, 4.69) is 10.3 Å². The second-order valence-electron chi connectivity index (χ2n) is 6.53. The highest BCUT2D eigenvalue weighted by Crippen LogP contribution is 2.28. The summed E-state index contributed by atoms with van der Waals surface area (Å²) in [5.74, 6) is -0.230. The molecule has 3 aromatic rings. The fourth-order valence-corrected chi connectivity index (χ4v) is 3.82. The Kier molecular flexibility index (Phi) is 4.47. The van der Waals surface area contributed by atoms with Crippen LogP contribution in [-0.4, -0.2) is 15.5 Å². The fourth-order valence-electron chi connectivity index (χ4n) is 2.78. The first-order valence-corrected chi connectivity index (χ1v) is 9.00. The average molecular weight is 355 g/mol. The summed E-state index contributed by atoms with van der Waals surface area (Å²) in [6.07, 6.45) is 1.52. The number of nitrogens with one attached hydrogen (secondary N) is 1. The molecule has 0 aliphatic heterocycles. The average Bonchev–Trinajstić information content (AvgIpc) is 2.88. The molecule has 0 spiro atoms. The summed E-state index contributed by atoms with van der Waals surface area (Å²) in [6.45, 7) is 9.65. The summed E-state index contributed by atoms with van der Waals surface area (Å²) in [5.41, 5.74) is 3.70. The van der Waals surface area contributed by atoms with Crippen molar-refractivity contribution in [2.45, 2.75) is 40.7 Å². The number of hydrogen-bond donors (Lipinski definition) is 1. The molecule has 6 heteroatoms. The maximum absolute atomic E-state index is 12.9. The van der Waals surface area contributed by atoms with E-state index >= 15 is 0 Å². The lowest BCUT2D eigenvalue weighted by molar-refractivity contribution is 0.102. The molecule has 5 nitrogen and oxygen atoms in total. The minimum absolute atomic E-state index is 0.0269. The van der Waals surface area contributed by atoms with Crippen molar-refractivity contribution in [3.05, 3.63) is 56.4 Å². The predicted molar refractivity (Wildman–Crippen MR) is 103 cm³/mol. The maximum Gasteiger partial charge on any atom is 0.271 e. The van der Waals surface area contributed by atoms with Gasteiger partial charge in [0.2, 0.25) is 0 Å². The van der Waals surface area contributed by atoms with Crippen molar-refractivity contribution in [2.75, 3.05) is 5.32 Å². The predicted octanol–water partition coefficient (Wildman–Crippen LogP) is 4.22. The fraction of sp³-hybridized carbons (Fsp3) is 0.316. The molecule has 0 atom stereocenters. The number of rotatable bonds is 3. The number of aryl methyl sites for hydroxylation is 3. The van der Waals surface area contributed by atoms with Crippen molar-refractivity contribution in [3.8, 4) is 0 Å².